The first-order valence-corrected chi connectivity index (χ1v) is 17.4. The maximum absolute atomic E-state index is 13.7. The quantitative estimate of drug-likeness (QED) is 0.278. The Kier molecular flexibility index (Phi) is 11.5. The molecule has 0 spiro atoms. The van der Waals surface area contributed by atoms with Crippen LogP contribution in [-0.2, 0) is 25.4 Å². The van der Waals surface area contributed by atoms with E-state index in [9.17, 15) is 9.59 Å². The first-order valence-electron chi connectivity index (χ1n) is 17.4. The first-order chi connectivity index (χ1) is 22.2. The average Bonchev–Trinajstić information content (AvgIpc) is 2.91. The molecule has 0 aliphatic carbocycles. The van der Waals surface area contributed by atoms with E-state index in [1.165, 1.54) is 0 Å². The third kappa shape index (κ3) is 11.2. The number of aromatic nitrogens is 2. The fourth-order valence-corrected chi connectivity index (χ4v) is 6.78. The van der Waals surface area contributed by atoms with Crippen LogP contribution in [0.4, 0.5) is 21.2 Å². The summed E-state index contributed by atoms with van der Waals surface area (Å²) in [6, 6.07) is 9.76. The topological polar surface area (TPSA) is 103 Å². The molecule has 2 aliphatic rings. The molecule has 10 heteroatoms. The molecule has 0 bridgehead atoms. The number of rotatable bonds is 8. The fraction of sp³-hybridized carbons (Fsp3) is 0.684. The number of hydrogen-bond acceptors (Lipinski definition) is 8. The molecule has 3 atom stereocenters. The van der Waals surface area contributed by atoms with E-state index < -0.39 is 29.0 Å². The van der Waals surface area contributed by atoms with E-state index in [2.05, 4.69) is 31.8 Å². The van der Waals surface area contributed by atoms with Crippen molar-refractivity contribution in [2.75, 3.05) is 36.1 Å². The zero-order valence-corrected chi connectivity index (χ0v) is 31.1. The molecule has 0 saturated carbocycles. The van der Waals surface area contributed by atoms with Crippen molar-refractivity contribution in [3.63, 3.8) is 0 Å². The van der Waals surface area contributed by atoms with Crippen molar-refractivity contribution in [1.29, 1.82) is 0 Å². The van der Waals surface area contributed by atoms with Crippen molar-refractivity contribution in [3.05, 3.63) is 47.3 Å². The molecule has 0 radical (unpaired) electrons. The Morgan fingerprint density at radius 2 is 1.33 bits per heavy atom. The molecule has 2 aromatic heterocycles. The smallest absolute Gasteiger partial charge is 0.416 e. The number of ether oxygens (including phenoxy) is 4. The van der Waals surface area contributed by atoms with Crippen LogP contribution in [0.25, 0.3) is 0 Å². The van der Waals surface area contributed by atoms with Crippen LogP contribution >= 0.6 is 0 Å². The number of aryl methyl sites for hydroxylation is 2. The van der Waals surface area contributed by atoms with E-state index in [0.29, 0.717) is 44.4 Å². The molecule has 0 aromatic carbocycles. The lowest BCUT2D eigenvalue weighted by Gasteiger charge is -2.40. The standard InChI is InChI=1S/C38H58N4O6/c1-26-13-12-14-31(39-26)41(33(43)47-35(3,4)5)25-29-16-18-46-38(11,22-29)23-30-19-27(2)40-32(20-30)42(34(44)48-36(6,7)8)24-28-15-17-45-37(9,10)21-28/h12-14,19-20,28-29H,15-18,21-25H2,1-11H3. The van der Waals surface area contributed by atoms with Crippen LogP contribution in [0.15, 0.2) is 30.3 Å². The van der Waals surface area contributed by atoms with Gasteiger partial charge in [0.05, 0.1) is 11.2 Å². The van der Waals surface area contributed by atoms with Crippen molar-refractivity contribution < 1.29 is 28.5 Å². The van der Waals surface area contributed by atoms with Crippen molar-refractivity contribution in [1.82, 2.24) is 9.97 Å². The normalized spacial score (nSPS) is 22.9. The van der Waals surface area contributed by atoms with Gasteiger partial charge in [0, 0.05) is 44.1 Å². The van der Waals surface area contributed by atoms with Gasteiger partial charge in [-0.15, -0.1) is 0 Å². The molecule has 0 N–H and O–H groups in total. The number of amides is 2. The van der Waals surface area contributed by atoms with Gasteiger partial charge in [0.25, 0.3) is 0 Å². The summed E-state index contributed by atoms with van der Waals surface area (Å²) in [7, 11) is 0. The molecule has 3 unspecified atom stereocenters. The lowest BCUT2D eigenvalue weighted by Crippen LogP contribution is -2.45. The van der Waals surface area contributed by atoms with E-state index in [1.807, 2.05) is 79.7 Å². The number of carbonyl (C=O) groups excluding carboxylic acids is 2. The van der Waals surface area contributed by atoms with Crippen LogP contribution in [0.2, 0.25) is 0 Å². The summed E-state index contributed by atoms with van der Waals surface area (Å²) in [4.78, 5) is 39.9. The summed E-state index contributed by atoms with van der Waals surface area (Å²) >= 11 is 0. The molecular weight excluding hydrogens is 608 g/mol. The lowest BCUT2D eigenvalue weighted by atomic mass is 9.82. The van der Waals surface area contributed by atoms with Gasteiger partial charge in [0.15, 0.2) is 0 Å². The number of pyridine rings is 2. The van der Waals surface area contributed by atoms with E-state index in [1.54, 1.807) is 9.80 Å². The second kappa shape index (κ2) is 14.7. The predicted molar refractivity (Wildman–Crippen MR) is 189 cm³/mol. The van der Waals surface area contributed by atoms with E-state index in [0.717, 1.165) is 42.6 Å². The van der Waals surface area contributed by atoms with Gasteiger partial charge in [-0.05, 0) is 144 Å². The Balaban J connectivity index is 1.56. The van der Waals surface area contributed by atoms with E-state index in [4.69, 9.17) is 23.9 Å². The Labute approximate surface area is 287 Å². The lowest BCUT2D eigenvalue weighted by molar-refractivity contribution is -0.0832. The fourth-order valence-electron chi connectivity index (χ4n) is 6.78. The van der Waals surface area contributed by atoms with Gasteiger partial charge in [-0.25, -0.2) is 19.6 Å². The highest BCUT2D eigenvalue weighted by Crippen LogP contribution is 2.35. The highest BCUT2D eigenvalue weighted by atomic mass is 16.6. The van der Waals surface area contributed by atoms with Gasteiger partial charge in [-0.1, -0.05) is 6.07 Å². The summed E-state index contributed by atoms with van der Waals surface area (Å²) < 4.78 is 24.1. The highest BCUT2D eigenvalue weighted by Gasteiger charge is 2.38. The molecular formula is C38H58N4O6. The summed E-state index contributed by atoms with van der Waals surface area (Å²) in [6.45, 7) is 23.7. The maximum atomic E-state index is 13.7. The molecule has 2 aromatic rings. The molecule has 266 valence electrons. The van der Waals surface area contributed by atoms with Crippen LogP contribution in [0, 0.1) is 25.7 Å². The van der Waals surface area contributed by atoms with Crippen LogP contribution in [0.5, 0.6) is 0 Å². The first kappa shape index (κ1) is 37.6. The Morgan fingerprint density at radius 1 is 0.792 bits per heavy atom. The van der Waals surface area contributed by atoms with Gasteiger partial charge in [-0.2, -0.15) is 0 Å². The van der Waals surface area contributed by atoms with Gasteiger partial charge in [0.2, 0.25) is 0 Å². The zero-order valence-electron chi connectivity index (χ0n) is 31.1. The van der Waals surface area contributed by atoms with Gasteiger partial charge >= 0.3 is 12.2 Å². The molecule has 2 aliphatic heterocycles. The summed E-state index contributed by atoms with van der Waals surface area (Å²) in [5.74, 6) is 1.59. The zero-order chi connectivity index (χ0) is 35.5. The minimum absolute atomic E-state index is 0.163. The third-order valence-electron chi connectivity index (χ3n) is 8.61. The van der Waals surface area contributed by atoms with Crippen molar-refractivity contribution >= 4 is 23.8 Å². The second-order valence-corrected chi connectivity index (χ2v) is 16.6. The van der Waals surface area contributed by atoms with Crippen molar-refractivity contribution in [2.24, 2.45) is 11.8 Å². The van der Waals surface area contributed by atoms with Gasteiger partial charge < -0.3 is 18.9 Å². The minimum atomic E-state index is -0.642. The largest absolute Gasteiger partial charge is 0.443 e. The molecule has 2 amide bonds. The summed E-state index contributed by atoms with van der Waals surface area (Å²) in [6.07, 6.45) is 3.09. The van der Waals surface area contributed by atoms with Gasteiger partial charge in [0.1, 0.15) is 22.8 Å². The minimum Gasteiger partial charge on any atom is -0.443 e. The number of anilines is 2. The molecule has 10 nitrogen and oxygen atoms in total. The number of nitrogens with zero attached hydrogens (tertiary/aromatic N) is 4. The summed E-state index contributed by atoms with van der Waals surface area (Å²) in [5.41, 5.74) is 0.681. The van der Waals surface area contributed by atoms with E-state index >= 15 is 0 Å². The van der Waals surface area contributed by atoms with Crippen LogP contribution in [0.1, 0.15) is 105 Å². The van der Waals surface area contributed by atoms with Crippen molar-refractivity contribution in [3.8, 4) is 0 Å². The summed E-state index contributed by atoms with van der Waals surface area (Å²) in [5, 5.41) is 0. The third-order valence-corrected chi connectivity index (χ3v) is 8.61. The predicted octanol–water partition coefficient (Wildman–Crippen LogP) is 8.21. The highest BCUT2D eigenvalue weighted by molar-refractivity contribution is 5.87. The SMILES string of the molecule is Cc1cc(CC2(C)CC(CN(C(=O)OC(C)(C)C)c3cccc(C)n3)CCO2)cc(N(CC2CCOC(C)(C)C2)C(=O)OC(C)(C)C)n1. The average molecular weight is 667 g/mol. The molecule has 2 fully saturated rings. The Bertz CT molecular complexity index is 1430. The number of carbonyl (C=O) groups is 2. The maximum Gasteiger partial charge on any atom is 0.416 e. The number of hydrogen-bond donors (Lipinski definition) is 0. The second-order valence-electron chi connectivity index (χ2n) is 16.6. The van der Waals surface area contributed by atoms with Crippen LogP contribution in [-0.4, -0.2) is 70.9 Å². The molecule has 48 heavy (non-hydrogen) atoms. The van der Waals surface area contributed by atoms with Crippen molar-refractivity contribution in [2.45, 2.75) is 131 Å². The van der Waals surface area contributed by atoms with E-state index in [-0.39, 0.29) is 17.4 Å². The molecule has 4 rings (SSSR count). The molecule has 4 heterocycles. The molecule has 2 saturated heterocycles. The Hall–Kier alpha value is -3.24. The Morgan fingerprint density at radius 3 is 1.90 bits per heavy atom. The van der Waals surface area contributed by atoms with Crippen LogP contribution in [0.3, 0.4) is 0 Å². The van der Waals surface area contributed by atoms with Gasteiger partial charge in [-0.3, -0.25) is 9.80 Å². The van der Waals surface area contributed by atoms with Crippen LogP contribution < -0.4 is 9.80 Å². The monoisotopic (exact) mass is 666 g/mol.